The number of hydrogen-bond donors (Lipinski definition) is 1. The average Bonchev–Trinajstić information content (AvgIpc) is 3.12. The maximum Gasteiger partial charge on any atom is 0.343 e. The van der Waals surface area contributed by atoms with Crippen molar-refractivity contribution in [1.82, 2.24) is 0 Å². The van der Waals surface area contributed by atoms with Gasteiger partial charge < -0.3 is 14.4 Å². The van der Waals surface area contributed by atoms with E-state index in [1.165, 1.54) is 0 Å². The standard InChI is InChI=1S/C26H30INO6/c1-19(28-31-16-10-4-5-11-17-32-34-27)18-22(20-12-6-2-3-7-13-20)24-25(29)21-14-8-9-15-23(21)33-26(24)30/h2-3,6-9,12,14-15,22,29H,4-5,10-11,13,16-18H2,1H3. The second-order valence-corrected chi connectivity index (χ2v) is 8.48. The van der Waals surface area contributed by atoms with Crippen molar-refractivity contribution in [2.45, 2.75) is 51.4 Å². The van der Waals surface area contributed by atoms with E-state index in [2.05, 4.69) is 8.37 Å². The van der Waals surface area contributed by atoms with Gasteiger partial charge in [-0.1, -0.05) is 59.7 Å². The fraction of sp³-hybridized carbons (Fsp3) is 0.385. The lowest BCUT2D eigenvalue weighted by Gasteiger charge is -2.20. The van der Waals surface area contributed by atoms with Gasteiger partial charge in [-0.25, -0.2) is 9.68 Å². The first kappa shape index (κ1) is 26.2. The molecule has 1 aliphatic rings. The molecule has 1 aliphatic carbocycles. The van der Waals surface area contributed by atoms with Crippen LogP contribution in [-0.4, -0.2) is 24.0 Å². The second-order valence-electron chi connectivity index (χ2n) is 8.12. The molecule has 3 rings (SSSR count). The van der Waals surface area contributed by atoms with Crippen molar-refractivity contribution < 1.29 is 22.5 Å². The van der Waals surface area contributed by atoms with Crippen LogP contribution in [0, 0.1) is 0 Å². The van der Waals surface area contributed by atoms with E-state index in [0.29, 0.717) is 37.0 Å². The molecule has 1 aromatic carbocycles. The summed E-state index contributed by atoms with van der Waals surface area (Å²) in [6.07, 6.45) is 14.8. The van der Waals surface area contributed by atoms with Crippen LogP contribution in [0.5, 0.6) is 5.75 Å². The number of para-hydroxylation sites is 1. The molecule has 8 heteroatoms. The highest BCUT2D eigenvalue weighted by molar-refractivity contribution is 14.1. The first-order valence-corrected chi connectivity index (χ1v) is 12.3. The summed E-state index contributed by atoms with van der Waals surface area (Å²) in [5, 5.41) is 15.8. The Morgan fingerprint density at radius 3 is 2.76 bits per heavy atom. The van der Waals surface area contributed by atoms with Crippen LogP contribution >= 0.6 is 23.0 Å². The smallest absolute Gasteiger partial charge is 0.343 e. The summed E-state index contributed by atoms with van der Waals surface area (Å²) in [6.45, 7) is 2.97. The van der Waals surface area contributed by atoms with Gasteiger partial charge in [0.15, 0.2) is 23.0 Å². The van der Waals surface area contributed by atoms with Crippen molar-refractivity contribution in [3.05, 3.63) is 76.2 Å². The largest absolute Gasteiger partial charge is 0.507 e. The van der Waals surface area contributed by atoms with Crippen LogP contribution in [-0.2, 0) is 12.9 Å². The molecule has 0 fully saturated rings. The Morgan fingerprint density at radius 1 is 1.15 bits per heavy atom. The van der Waals surface area contributed by atoms with Crippen molar-refractivity contribution >= 4 is 39.7 Å². The molecule has 1 atom stereocenters. The van der Waals surface area contributed by atoms with Crippen molar-refractivity contribution in [2.24, 2.45) is 5.16 Å². The zero-order chi connectivity index (χ0) is 24.2. The Hall–Kier alpha value is -2.43. The molecule has 0 saturated heterocycles. The Bertz CT molecular complexity index is 1120. The third kappa shape index (κ3) is 7.54. The van der Waals surface area contributed by atoms with E-state index in [4.69, 9.17) is 14.1 Å². The van der Waals surface area contributed by atoms with Crippen LogP contribution in [0.4, 0.5) is 0 Å². The predicted octanol–water partition coefficient (Wildman–Crippen LogP) is 6.67. The molecule has 1 aromatic heterocycles. The van der Waals surface area contributed by atoms with E-state index in [-0.39, 0.29) is 17.2 Å². The van der Waals surface area contributed by atoms with Crippen molar-refractivity contribution in [2.75, 3.05) is 13.2 Å². The lowest BCUT2D eigenvalue weighted by molar-refractivity contribution is -0.166. The lowest BCUT2D eigenvalue weighted by Crippen LogP contribution is -2.17. The van der Waals surface area contributed by atoms with Crippen molar-refractivity contribution in [3.8, 4) is 5.75 Å². The van der Waals surface area contributed by atoms with Gasteiger partial charge in [0.25, 0.3) is 0 Å². The van der Waals surface area contributed by atoms with Crippen LogP contribution in [0.3, 0.4) is 0 Å². The summed E-state index contributed by atoms with van der Waals surface area (Å²) in [5.74, 6) is -0.429. The molecule has 0 spiro atoms. The molecule has 34 heavy (non-hydrogen) atoms. The predicted molar refractivity (Wildman–Crippen MR) is 141 cm³/mol. The third-order valence-electron chi connectivity index (χ3n) is 5.62. The van der Waals surface area contributed by atoms with Gasteiger partial charge in [-0.05, 0) is 51.2 Å². The van der Waals surface area contributed by atoms with E-state index in [1.54, 1.807) is 41.2 Å². The monoisotopic (exact) mass is 579 g/mol. The number of allylic oxidation sites excluding steroid dienone is 6. The SMILES string of the molecule is CC(CC(C1=CC=CC=CC1)c1c(O)c2ccccc2oc1=O)=NOCCCCCCOOI. The third-order valence-corrected chi connectivity index (χ3v) is 5.87. The highest BCUT2D eigenvalue weighted by Gasteiger charge is 2.26. The number of nitrogens with zero attached hydrogens (tertiary/aromatic N) is 1. The molecule has 0 aliphatic heterocycles. The molecule has 7 nitrogen and oxygen atoms in total. The second kappa shape index (κ2) is 14.1. The van der Waals surface area contributed by atoms with Crippen LogP contribution in [0.15, 0.2) is 74.6 Å². The molecule has 0 saturated carbocycles. The first-order chi connectivity index (χ1) is 16.6. The summed E-state index contributed by atoms with van der Waals surface area (Å²) in [5.41, 5.74) is 1.81. The molecule has 1 heterocycles. The van der Waals surface area contributed by atoms with Crippen LogP contribution in [0.25, 0.3) is 11.0 Å². The van der Waals surface area contributed by atoms with Gasteiger partial charge in [0, 0.05) is 5.92 Å². The zero-order valence-corrected chi connectivity index (χ0v) is 21.4. The Kier molecular flexibility index (Phi) is 10.8. The summed E-state index contributed by atoms with van der Waals surface area (Å²) in [4.78, 5) is 23.3. The highest BCUT2D eigenvalue weighted by Crippen LogP contribution is 2.38. The number of rotatable bonds is 13. The van der Waals surface area contributed by atoms with Crippen LogP contribution < -0.4 is 5.63 Å². The Labute approximate surface area is 213 Å². The van der Waals surface area contributed by atoms with Gasteiger partial charge in [0.05, 0.1) is 23.3 Å². The van der Waals surface area contributed by atoms with Crippen molar-refractivity contribution in [1.29, 1.82) is 0 Å². The topological polar surface area (TPSA) is 90.5 Å². The highest BCUT2D eigenvalue weighted by atomic mass is 127. The van der Waals surface area contributed by atoms with E-state index < -0.39 is 5.63 Å². The number of aromatic hydroxyl groups is 1. The van der Waals surface area contributed by atoms with Gasteiger partial charge in [-0.3, -0.25) is 0 Å². The summed E-state index contributed by atoms with van der Waals surface area (Å²) >= 11 is 1.70. The normalized spacial score (nSPS) is 14.8. The minimum atomic E-state index is -0.537. The molecule has 0 amide bonds. The van der Waals surface area contributed by atoms with E-state index in [9.17, 15) is 9.90 Å². The fourth-order valence-corrected chi connectivity index (χ4v) is 4.11. The quantitative estimate of drug-likeness (QED) is 0.0713. The minimum Gasteiger partial charge on any atom is -0.507 e. The first-order valence-electron chi connectivity index (χ1n) is 11.4. The zero-order valence-electron chi connectivity index (χ0n) is 19.2. The molecule has 2 aromatic rings. The lowest BCUT2D eigenvalue weighted by atomic mass is 9.84. The Balaban J connectivity index is 1.73. The van der Waals surface area contributed by atoms with Gasteiger partial charge in [0.2, 0.25) is 0 Å². The molecular weight excluding hydrogens is 549 g/mol. The molecule has 182 valence electrons. The maximum atomic E-state index is 13.0. The van der Waals surface area contributed by atoms with E-state index in [1.807, 2.05) is 43.4 Å². The fourth-order valence-electron chi connectivity index (χ4n) is 3.93. The van der Waals surface area contributed by atoms with Gasteiger partial charge in [0.1, 0.15) is 17.9 Å². The Morgan fingerprint density at radius 2 is 1.94 bits per heavy atom. The van der Waals surface area contributed by atoms with E-state index >= 15 is 0 Å². The maximum absolute atomic E-state index is 13.0. The van der Waals surface area contributed by atoms with Gasteiger partial charge in [-0.2, -0.15) is 3.22 Å². The number of unbranched alkanes of at least 4 members (excludes halogenated alkanes) is 3. The van der Waals surface area contributed by atoms with Gasteiger partial charge in [-0.15, -0.1) is 0 Å². The van der Waals surface area contributed by atoms with Gasteiger partial charge >= 0.3 is 5.63 Å². The summed E-state index contributed by atoms with van der Waals surface area (Å²) < 4.78 is 10.1. The number of halogens is 1. The summed E-state index contributed by atoms with van der Waals surface area (Å²) in [6, 6.07) is 7.01. The molecular formula is C26H30INO6. The van der Waals surface area contributed by atoms with Crippen molar-refractivity contribution in [3.63, 3.8) is 0 Å². The molecule has 1 N–H and O–H groups in total. The molecule has 1 unspecified atom stereocenters. The number of oxime groups is 1. The molecule has 0 bridgehead atoms. The number of hydrogen-bond acceptors (Lipinski definition) is 7. The number of benzene rings is 1. The van der Waals surface area contributed by atoms with E-state index in [0.717, 1.165) is 37.0 Å². The minimum absolute atomic E-state index is 0.0411. The summed E-state index contributed by atoms with van der Waals surface area (Å²) in [7, 11) is 0. The van der Waals surface area contributed by atoms with Crippen LogP contribution in [0.1, 0.15) is 56.9 Å². The number of fused-ring (bicyclic) bond motifs is 1. The molecule has 0 radical (unpaired) electrons. The van der Waals surface area contributed by atoms with Crippen LogP contribution in [0.2, 0.25) is 0 Å². The average molecular weight is 579 g/mol.